The molecule has 0 bridgehead atoms. The van der Waals surface area contributed by atoms with Gasteiger partial charge in [-0.25, -0.2) is 4.79 Å². The maximum absolute atomic E-state index is 11.7. The summed E-state index contributed by atoms with van der Waals surface area (Å²) >= 11 is 0. The first-order valence-corrected chi connectivity index (χ1v) is 5.52. The van der Waals surface area contributed by atoms with E-state index in [9.17, 15) is 14.4 Å². The Bertz CT molecular complexity index is 479. The van der Waals surface area contributed by atoms with E-state index in [1.165, 1.54) is 0 Å². The molecule has 0 atom stereocenters. The van der Waals surface area contributed by atoms with Gasteiger partial charge in [0.1, 0.15) is 12.4 Å². The van der Waals surface area contributed by atoms with Crippen molar-refractivity contribution in [1.29, 1.82) is 0 Å². The third-order valence-corrected chi connectivity index (χ3v) is 2.60. The fourth-order valence-corrected chi connectivity index (χ4v) is 1.63. The van der Waals surface area contributed by atoms with Crippen LogP contribution in [0, 0.1) is 0 Å². The Kier molecular flexibility index (Phi) is 3.26. The van der Waals surface area contributed by atoms with Crippen molar-refractivity contribution >= 4 is 23.7 Å². The van der Waals surface area contributed by atoms with Gasteiger partial charge in [-0.05, 0) is 6.42 Å². The zero-order chi connectivity index (χ0) is 13.1. The van der Waals surface area contributed by atoms with Crippen molar-refractivity contribution in [1.82, 2.24) is 20.4 Å². The SMILES string of the molecule is CCc1cn[nH]c1NC(=O)CN1C(=O)CNC1=O. The van der Waals surface area contributed by atoms with E-state index in [1.807, 2.05) is 6.92 Å². The summed E-state index contributed by atoms with van der Waals surface area (Å²) in [6.07, 6.45) is 2.33. The number of carbonyl (C=O) groups is 3. The summed E-state index contributed by atoms with van der Waals surface area (Å²) in [5.74, 6) is -0.357. The lowest BCUT2D eigenvalue weighted by molar-refractivity contribution is -0.128. The number of carbonyl (C=O) groups excluding carboxylic acids is 3. The van der Waals surface area contributed by atoms with Gasteiger partial charge in [0.2, 0.25) is 5.91 Å². The quantitative estimate of drug-likeness (QED) is 0.625. The Hall–Kier alpha value is -2.38. The van der Waals surface area contributed by atoms with Crippen molar-refractivity contribution < 1.29 is 14.4 Å². The lowest BCUT2D eigenvalue weighted by Gasteiger charge is -2.11. The molecular weight excluding hydrogens is 238 g/mol. The van der Waals surface area contributed by atoms with Gasteiger partial charge in [0.05, 0.1) is 12.7 Å². The van der Waals surface area contributed by atoms with E-state index < -0.39 is 17.8 Å². The number of imide groups is 1. The molecule has 8 heteroatoms. The van der Waals surface area contributed by atoms with Crippen LogP contribution in [0.3, 0.4) is 0 Å². The summed E-state index contributed by atoms with van der Waals surface area (Å²) in [5, 5.41) is 11.4. The van der Waals surface area contributed by atoms with Crippen LogP contribution < -0.4 is 10.6 Å². The molecule has 1 aromatic heterocycles. The van der Waals surface area contributed by atoms with E-state index in [2.05, 4.69) is 20.8 Å². The second-order valence-electron chi connectivity index (χ2n) is 3.81. The molecule has 0 spiro atoms. The molecule has 2 rings (SSSR count). The molecule has 1 saturated heterocycles. The van der Waals surface area contributed by atoms with Gasteiger partial charge < -0.3 is 10.6 Å². The number of aryl methyl sites for hydroxylation is 1. The van der Waals surface area contributed by atoms with Crippen molar-refractivity contribution in [2.45, 2.75) is 13.3 Å². The highest BCUT2D eigenvalue weighted by atomic mass is 16.2. The van der Waals surface area contributed by atoms with Crippen LogP contribution in [0.5, 0.6) is 0 Å². The molecule has 8 nitrogen and oxygen atoms in total. The Morgan fingerprint density at radius 3 is 2.94 bits per heavy atom. The molecule has 18 heavy (non-hydrogen) atoms. The first-order valence-electron chi connectivity index (χ1n) is 5.52. The van der Waals surface area contributed by atoms with Crippen LogP contribution in [-0.2, 0) is 16.0 Å². The molecule has 2 heterocycles. The van der Waals surface area contributed by atoms with Crippen LogP contribution in [0.15, 0.2) is 6.20 Å². The van der Waals surface area contributed by atoms with Crippen molar-refractivity contribution in [3.05, 3.63) is 11.8 Å². The average molecular weight is 251 g/mol. The number of H-pyrrole nitrogens is 1. The maximum atomic E-state index is 11.7. The normalized spacial score (nSPS) is 14.8. The van der Waals surface area contributed by atoms with Crippen molar-refractivity contribution in [3.63, 3.8) is 0 Å². The summed E-state index contributed by atoms with van der Waals surface area (Å²) in [4.78, 5) is 35.1. The van der Waals surface area contributed by atoms with Crippen molar-refractivity contribution in [2.24, 2.45) is 0 Å². The van der Waals surface area contributed by atoms with Gasteiger partial charge in [-0.3, -0.25) is 19.6 Å². The predicted molar refractivity (Wildman–Crippen MR) is 61.7 cm³/mol. The Labute approximate surface area is 103 Å². The van der Waals surface area contributed by atoms with E-state index in [4.69, 9.17) is 0 Å². The molecule has 96 valence electrons. The van der Waals surface area contributed by atoms with Crippen molar-refractivity contribution in [3.8, 4) is 0 Å². The number of rotatable bonds is 4. The summed E-state index contributed by atoms with van der Waals surface area (Å²) in [6, 6.07) is -0.546. The molecule has 3 N–H and O–H groups in total. The van der Waals surface area contributed by atoms with E-state index >= 15 is 0 Å². The number of anilines is 1. The minimum absolute atomic E-state index is 0.0591. The molecule has 4 amide bonds. The first-order chi connectivity index (χ1) is 8.61. The highest BCUT2D eigenvalue weighted by molar-refractivity contribution is 6.06. The van der Waals surface area contributed by atoms with Gasteiger partial charge in [0.15, 0.2) is 0 Å². The van der Waals surface area contributed by atoms with Gasteiger partial charge in [0.25, 0.3) is 5.91 Å². The number of aromatic nitrogens is 2. The molecular formula is C10H13N5O3. The Morgan fingerprint density at radius 2 is 2.33 bits per heavy atom. The van der Waals surface area contributed by atoms with Crippen molar-refractivity contribution in [2.75, 3.05) is 18.4 Å². The van der Waals surface area contributed by atoms with Crippen LogP contribution in [0.1, 0.15) is 12.5 Å². The molecule has 0 unspecified atom stereocenters. The monoisotopic (exact) mass is 251 g/mol. The molecule has 0 saturated carbocycles. The summed E-state index contributed by atoms with van der Waals surface area (Å²) < 4.78 is 0. The van der Waals surface area contributed by atoms with Gasteiger partial charge in [-0.2, -0.15) is 5.10 Å². The smallest absolute Gasteiger partial charge is 0.325 e. The summed E-state index contributed by atoms with van der Waals surface area (Å²) in [6.45, 7) is 1.57. The average Bonchev–Trinajstić information content (AvgIpc) is 2.90. The third-order valence-electron chi connectivity index (χ3n) is 2.60. The van der Waals surface area contributed by atoms with Crippen LogP contribution in [0.25, 0.3) is 0 Å². The van der Waals surface area contributed by atoms with Crippen LogP contribution in [-0.4, -0.2) is 46.0 Å². The van der Waals surface area contributed by atoms with Crippen LogP contribution in [0.2, 0.25) is 0 Å². The zero-order valence-corrected chi connectivity index (χ0v) is 9.82. The number of hydrogen-bond acceptors (Lipinski definition) is 4. The predicted octanol–water partition coefficient (Wildman–Crippen LogP) is -0.538. The highest BCUT2D eigenvalue weighted by Crippen LogP contribution is 2.11. The zero-order valence-electron chi connectivity index (χ0n) is 9.82. The van der Waals surface area contributed by atoms with Gasteiger partial charge in [-0.1, -0.05) is 6.92 Å². The minimum atomic E-state index is -0.546. The summed E-state index contributed by atoms with van der Waals surface area (Å²) in [5.41, 5.74) is 0.862. The third kappa shape index (κ3) is 2.31. The molecule has 1 aliphatic heterocycles. The molecule has 1 fully saturated rings. The molecule has 1 aliphatic rings. The van der Waals surface area contributed by atoms with E-state index in [1.54, 1.807) is 6.20 Å². The lowest BCUT2D eigenvalue weighted by Crippen LogP contribution is -2.38. The Morgan fingerprint density at radius 1 is 1.56 bits per heavy atom. The summed E-state index contributed by atoms with van der Waals surface area (Å²) in [7, 11) is 0. The van der Waals surface area contributed by atoms with Crippen LogP contribution in [0.4, 0.5) is 10.6 Å². The fraction of sp³-hybridized carbons (Fsp3) is 0.400. The molecule has 0 aromatic carbocycles. The number of aromatic amines is 1. The standard InChI is InChI=1S/C10H13N5O3/c1-2-6-3-12-14-9(6)13-7(16)5-15-8(17)4-11-10(15)18/h3H,2,4-5H2,1H3,(H,11,18)(H2,12,13,14,16). The van der Waals surface area contributed by atoms with E-state index in [-0.39, 0.29) is 13.1 Å². The van der Waals surface area contributed by atoms with E-state index in [0.29, 0.717) is 5.82 Å². The van der Waals surface area contributed by atoms with Crippen LogP contribution >= 0.6 is 0 Å². The topological polar surface area (TPSA) is 107 Å². The van der Waals surface area contributed by atoms with Gasteiger partial charge >= 0.3 is 6.03 Å². The van der Waals surface area contributed by atoms with E-state index in [0.717, 1.165) is 16.9 Å². The lowest BCUT2D eigenvalue weighted by atomic mass is 10.2. The first kappa shape index (κ1) is 12.1. The van der Waals surface area contributed by atoms with Gasteiger partial charge in [0, 0.05) is 5.56 Å². The second kappa shape index (κ2) is 4.86. The number of nitrogens with zero attached hydrogens (tertiary/aromatic N) is 2. The number of nitrogens with one attached hydrogen (secondary N) is 3. The fourth-order valence-electron chi connectivity index (χ4n) is 1.63. The Balaban J connectivity index is 1.97. The highest BCUT2D eigenvalue weighted by Gasteiger charge is 2.30. The molecule has 1 aromatic rings. The maximum Gasteiger partial charge on any atom is 0.325 e. The second-order valence-corrected chi connectivity index (χ2v) is 3.81. The number of amides is 4. The van der Waals surface area contributed by atoms with Gasteiger partial charge in [-0.15, -0.1) is 0 Å². The largest absolute Gasteiger partial charge is 0.329 e. The minimum Gasteiger partial charge on any atom is -0.329 e. The molecule has 0 radical (unpaired) electrons. The number of urea groups is 1. The number of hydrogen-bond donors (Lipinski definition) is 3. The molecule has 0 aliphatic carbocycles.